The molecule has 0 spiro atoms. The highest BCUT2D eigenvalue weighted by atomic mass is 32.1. The smallest absolute Gasteiger partial charge is 0.0547 e. The molecule has 0 aliphatic rings. The third-order valence-corrected chi connectivity index (χ3v) is 12.8. The second kappa shape index (κ2) is 13.1. The summed E-state index contributed by atoms with van der Waals surface area (Å²) in [5.74, 6) is 0. The van der Waals surface area contributed by atoms with E-state index in [-0.39, 0.29) is 0 Å². The van der Waals surface area contributed by atoms with Crippen molar-refractivity contribution in [3.05, 3.63) is 212 Å². The number of thiophene rings is 1. The number of para-hydroxylation sites is 4. The average molecular weight is 758 g/mol. The molecule has 3 aromatic heterocycles. The lowest BCUT2D eigenvalue weighted by Crippen LogP contribution is -2.10. The Balaban J connectivity index is 1.08. The summed E-state index contributed by atoms with van der Waals surface area (Å²) in [4.78, 5) is 2.39. The minimum absolute atomic E-state index is 1.10. The first kappa shape index (κ1) is 32.8. The lowest BCUT2D eigenvalue weighted by molar-refractivity contribution is 1.17. The van der Waals surface area contributed by atoms with Crippen molar-refractivity contribution in [1.29, 1.82) is 0 Å². The van der Waals surface area contributed by atoms with Gasteiger partial charge in [0.15, 0.2) is 0 Å². The fourth-order valence-corrected chi connectivity index (χ4v) is 10.4. The lowest BCUT2D eigenvalue weighted by Gasteiger charge is -2.26. The van der Waals surface area contributed by atoms with Gasteiger partial charge in [0.1, 0.15) is 0 Å². The normalized spacial score (nSPS) is 11.8. The molecular formula is C54H35N3S. The van der Waals surface area contributed by atoms with Crippen LogP contribution in [-0.4, -0.2) is 9.13 Å². The second-order valence-corrected chi connectivity index (χ2v) is 16.0. The van der Waals surface area contributed by atoms with Gasteiger partial charge in [-0.1, -0.05) is 121 Å². The molecule has 0 saturated carbocycles. The van der Waals surface area contributed by atoms with Crippen LogP contribution in [0.4, 0.5) is 17.1 Å². The zero-order chi connectivity index (χ0) is 38.2. The van der Waals surface area contributed by atoms with Gasteiger partial charge in [-0.25, -0.2) is 0 Å². The summed E-state index contributed by atoms with van der Waals surface area (Å²) in [6.45, 7) is 0. The summed E-state index contributed by atoms with van der Waals surface area (Å²) in [5.41, 5.74) is 12.8. The van der Waals surface area contributed by atoms with E-state index in [0.29, 0.717) is 0 Å². The second-order valence-electron chi connectivity index (χ2n) is 14.9. The molecule has 0 aliphatic carbocycles. The van der Waals surface area contributed by atoms with Gasteiger partial charge in [0.25, 0.3) is 0 Å². The van der Waals surface area contributed by atoms with E-state index < -0.39 is 0 Å². The van der Waals surface area contributed by atoms with Crippen LogP contribution < -0.4 is 4.90 Å². The van der Waals surface area contributed by atoms with Gasteiger partial charge in [0.2, 0.25) is 0 Å². The average Bonchev–Trinajstić information content (AvgIpc) is 3.95. The molecule has 9 aromatic carbocycles. The molecule has 3 heterocycles. The van der Waals surface area contributed by atoms with Crippen molar-refractivity contribution in [2.24, 2.45) is 0 Å². The zero-order valence-corrected chi connectivity index (χ0v) is 32.3. The first-order chi connectivity index (χ1) is 28.8. The molecule has 0 atom stereocenters. The molecule has 272 valence electrons. The monoisotopic (exact) mass is 757 g/mol. The summed E-state index contributed by atoms with van der Waals surface area (Å²) in [5, 5.41) is 7.58. The summed E-state index contributed by atoms with van der Waals surface area (Å²) in [7, 11) is 0. The number of fused-ring (bicyclic) bond motifs is 9. The van der Waals surface area contributed by atoms with Crippen LogP contribution in [0.2, 0.25) is 0 Å². The molecule has 0 unspecified atom stereocenters. The minimum atomic E-state index is 1.10. The molecule has 0 fully saturated rings. The Kier molecular flexibility index (Phi) is 7.40. The van der Waals surface area contributed by atoms with Crippen molar-refractivity contribution in [2.45, 2.75) is 0 Å². The van der Waals surface area contributed by atoms with E-state index in [1.54, 1.807) is 0 Å². The summed E-state index contributed by atoms with van der Waals surface area (Å²) in [6.07, 6.45) is 0. The number of hydrogen-bond donors (Lipinski definition) is 0. The van der Waals surface area contributed by atoms with Crippen molar-refractivity contribution in [2.75, 3.05) is 4.90 Å². The number of hydrogen-bond acceptors (Lipinski definition) is 2. The summed E-state index contributed by atoms with van der Waals surface area (Å²) < 4.78 is 7.46. The van der Waals surface area contributed by atoms with E-state index in [9.17, 15) is 0 Å². The van der Waals surface area contributed by atoms with E-state index in [1.165, 1.54) is 74.9 Å². The maximum atomic E-state index is 2.45. The van der Waals surface area contributed by atoms with Gasteiger partial charge in [0, 0.05) is 70.2 Å². The fraction of sp³-hybridized carbons (Fsp3) is 0. The van der Waals surface area contributed by atoms with Crippen LogP contribution in [0.25, 0.3) is 86.3 Å². The summed E-state index contributed by atoms with van der Waals surface area (Å²) >= 11 is 1.85. The summed E-state index contributed by atoms with van der Waals surface area (Å²) in [6, 6.07) is 77.4. The van der Waals surface area contributed by atoms with Crippen molar-refractivity contribution >= 4 is 92.2 Å². The number of anilines is 3. The van der Waals surface area contributed by atoms with Crippen LogP contribution in [-0.2, 0) is 0 Å². The molecule has 58 heavy (non-hydrogen) atoms. The Morgan fingerprint density at radius 1 is 0.310 bits per heavy atom. The van der Waals surface area contributed by atoms with Gasteiger partial charge >= 0.3 is 0 Å². The number of aromatic nitrogens is 2. The molecule has 3 nitrogen and oxygen atoms in total. The molecule has 0 saturated heterocycles. The largest absolute Gasteiger partial charge is 0.310 e. The molecule has 0 radical (unpaired) electrons. The van der Waals surface area contributed by atoms with Crippen molar-refractivity contribution in [3.63, 3.8) is 0 Å². The highest BCUT2D eigenvalue weighted by molar-refractivity contribution is 7.25. The molecule has 0 aliphatic heterocycles. The van der Waals surface area contributed by atoms with Crippen molar-refractivity contribution in [3.8, 4) is 22.5 Å². The van der Waals surface area contributed by atoms with E-state index in [1.807, 2.05) is 11.3 Å². The molecule has 4 heteroatoms. The van der Waals surface area contributed by atoms with Gasteiger partial charge in [-0.05, 0) is 102 Å². The Labute approximate surface area is 339 Å². The Morgan fingerprint density at radius 2 is 0.793 bits per heavy atom. The van der Waals surface area contributed by atoms with Gasteiger partial charge in [0.05, 0.1) is 22.1 Å². The lowest BCUT2D eigenvalue weighted by atomic mass is 9.95. The van der Waals surface area contributed by atoms with E-state index in [2.05, 4.69) is 226 Å². The number of nitrogens with zero attached hydrogens (tertiary/aromatic N) is 3. The van der Waals surface area contributed by atoms with Gasteiger partial charge < -0.3 is 14.0 Å². The molecular weight excluding hydrogens is 723 g/mol. The van der Waals surface area contributed by atoms with Crippen LogP contribution in [0.3, 0.4) is 0 Å². The molecule has 0 N–H and O–H groups in total. The Bertz CT molecular complexity index is 3520. The highest BCUT2D eigenvalue weighted by Gasteiger charge is 2.22. The van der Waals surface area contributed by atoms with Crippen molar-refractivity contribution in [1.82, 2.24) is 9.13 Å². The van der Waals surface area contributed by atoms with Crippen LogP contribution in [0.1, 0.15) is 0 Å². The van der Waals surface area contributed by atoms with Crippen LogP contribution >= 0.6 is 11.3 Å². The predicted octanol–water partition coefficient (Wildman–Crippen LogP) is 15.4. The topological polar surface area (TPSA) is 13.1 Å². The van der Waals surface area contributed by atoms with Crippen LogP contribution in [0.5, 0.6) is 0 Å². The standard InChI is InChI=1S/C54H35N3S/c1-3-16-36(17-4-1)55(40-32-33-52-46(35-40)41-22-9-12-31-51(41)58-52)38-20-13-21-39(34-38)57-48-28-11-8-24-45(48)54-43(26-15-30-50(54)57)42-25-14-29-49-53(42)44-23-7-10-27-47(44)56(49)37-18-5-2-6-19-37/h1-35H. The SMILES string of the molecule is c1ccc(N(c2cccc(-n3c4ccccc4c4c(-c5cccc6c5c5ccccc5n6-c5ccccc5)cccc43)c2)c2ccc3sc4ccccc4c3c2)cc1. The van der Waals surface area contributed by atoms with Crippen LogP contribution in [0, 0.1) is 0 Å². The fourth-order valence-electron chi connectivity index (χ4n) is 9.27. The van der Waals surface area contributed by atoms with Gasteiger partial charge in [-0.15, -0.1) is 11.3 Å². The minimum Gasteiger partial charge on any atom is -0.310 e. The van der Waals surface area contributed by atoms with E-state index in [0.717, 1.165) is 28.4 Å². The predicted molar refractivity (Wildman–Crippen MR) is 248 cm³/mol. The number of rotatable bonds is 6. The van der Waals surface area contributed by atoms with Gasteiger partial charge in [-0.3, -0.25) is 0 Å². The zero-order valence-electron chi connectivity index (χ0n) is 31.5. The first-order valence-corrected chi connectivity index (χ1v) is 20.6. The molecule has 12 aromatic rings. The molecule has 0 bridgehead atoms. The Hall–Kier alpha value is -7.40. The quantitative estimate of drug-likeness (QED) is 0.165. The van der Waals surface area contributed by atoms with Gasteiger partial charge in [-0.2, -0.15) is 0 Å². The maximum absolute atomic E-state index is 2.45. The molecule has 12 rings (SSSR count). The van der Waals surface area contributed by atoms with E-state index >= 15 is 0 Å². The Morgan fingerprint density at radius 3 is 1.48 bits per heavy atom. The maximum Gasteiger partial charge on any atom is 0.0547 e. The van der Waals surface area contributed by atoms with Crippen LogP contribution in [0.15, 0.2) is 212 Å². The first-order valence-electron chi connectivity index (χ1n) is 19.8. The highest BCUT2D eigenvalue weighted by Crippen LogP contribution is 2.45. The van der Waals surface area contributed by atoms with E-state index in [4.69, 9.17) is 0 Å². The third kappa shape index (κ3) is 4.99. The third-order valence-electron chi connectivity index (χ3n) is 11.7. The molecule has 0 amide bonds. The number of benzene rings is 9. The van der Waals surface area contributed by atoms with Crippen molar-refractivity contribution < 1.29 is 0 Å².